The summed E-state index contributed by atoms with van der Waals surface area (Å²) in [5, 5.41) is 8.71. The highest BCUT2D eigenvalue weighted by atomic mass is 19.1. The van der Waals surface area contributed by atoms with Crippen molar-refractivity contribution in [1.29, 1.82) is 5.26 Å². The zero-order valence-electron chi connectivity index (χ0n) is 8.18. The molecule has 78 valence electrons. The van der Waals surface area contributed by atoms with E-state index < -0.39 is 5.82 Å². The van der Waals surface area contributed by atoms with Gasteiger partial charge >= 0.3 is 0 Å². The molecule has 0 aliphatic carbocycles. The summed E-state index contributed by atoms with van der Waals surface area (Å²) in [6.45, 7) is 0. The molecule has 4 nitrogen and oxygen atoms in total. The van der Waals surface area contributed by atoms with Crippen molar-refractivity contribution in [2.24, 2.45) is 0 Å². The van der Waals surface area contributed by atoms with Crippen molar-refractivity contribution < 1.29 is 4.39 Å². The van der Waals surface area contributed by atoms with Gasteiger partial charge in [0.15, 0.2) is 0 Å². The molecule has 0 bridgehead atoms. The smallest absolute Gasteiger partial charge is 0.142 e. The Balaban J connectivity index is 2.56. The second-order valence-corrected chi connectivity index (χ2v) is 3.17. The Bertz CT molecular complexity index is 574. The topological polar surface area (TPSA) is 75.6 Å². The van der Waals surface area contributed by atoms with Crippen LogP contribution in [0.25, 0.3) is 11.3 Å². The van der Waals surface area contributed by atoms with E-state index in [1.807, 2.05) is 6.07 Å². The summed E-state index contributed by atoms with van der Waals surface area (Å²) in [7, 11) is 0. The number of aromatic nitrogens is 2. The molecule has 0 saturated carbocycles. The third-order valence-corrected chi connectivity index (χ3v) is 1.98. The molecular formula is C11H7FN4. The van der Waals surface area contributed by atoms with E-state index in [0.717, 1.165) is 6.07 Å². The maximum Gasteiger partial charge on any atom is 0.142 e. The highest BCUT2D eigenvalue weighted by Gasteiger charge is 2.05. The average molecular weight is 214 g/mol. The third kappa shape index (κ3) is 1.96. The van der Waals surface area contributed by atoms with E-state index in [1.54, 1.807) is 0 Å². The predicted molar refractivity (Wildman–Crippen MR) is 56.6 cm³/mol. The highest BCUT2D eigenvalue weighted by molar-refractivity contribution is 5.61. The quantitative estimate of drug-likeness (QED) is 0.784. The SMILES string of the molecule is N#Cc1cc(F)cc(-c2cncc(N)n2)c1. The lowest BCUT2D eigenvalue weighted by atomic mass is 10.1. The van der Waals surface area contributed by atoms with E-state index in [1.165, 1.54) is 24.5 Å². The fourth-order valence-corrected chi connectivity index (χ4v) is 1.32. The molecule has 16 heavy (non-hydrogen) atoms. The minimum absolute atomic E-state index is 0.235. The number of nitriles is 1. The Morgan fingerprint density at radius 2 is 2.06 bits per heavy atom. The van der Waals surface area contributed by atoms with Crippen LogP contribution in [0.4, 0.5) is 10.2 Å². The maximum atomic E-state index is 13.2. The summed E-state index contributed by atoms with van der Waals surface area (Å²) in [5.74, 6) is -0.237. The summed E-state index contributed by atoms with van der Waals surface area (Å²) in [6, 6.07) is 5.85. The van der Waals surface area contributed by atoms with Gasteiger partial charge in [-0.25, -0.2) is 9.37 Å². The van der Waals surface area contributed by atoms with Crippen molar-refractivity contribution in [2.75, 3.05) is 5.73 Å². The van der Waals surface area contributed by atoms with Crippen molar-refractivity contribution in [3.8, 4) is 17.3 Å². The van der Waals surface area contributed by atoms with E-state index in [4.69, 9.17) is 11.0 Å². The number of halogens is 1. The summed E-state index contributed by atoms with van der Waals surface area (Å²) in [4.78, 5) is 7.85. The maximum absolute atomic E-state index is 13.2. The van der Waals surface area contributed by atoms with Gasteiger partial charge in [0.1, 0.15) is 11.6 Å². The summed E-state index contributed by atoms with van der Waals surface area (Å²) >= 11 is 0. The molecule has 2 aromatic rings. The van der Waals surface area contributed by atoms with Crippen molar-refractivity contribution >= 4 is 5.82 Å². The first-order valence-electron chi connectivity index (χ1n) is 4.47. The molecule has 0 amide bonds. The largest absolute Gasteiger partial charge is 0.382 e. The van der Waals surface area contributed by atoms with Crippen LogP contribution in [0, 0.1) is 17.1 Å². The number of hydrogen-bond acceptors (Lipinski definition) is 4. The first-order chi connectivity index (χ1) is 7.69. The zero-order chi connectivity index (χ0) is 11.5. The lowest BCUT2D eigenvalue weighted by Gasteiger charge is -2.02. The number of nitrogens with two attached hydrogens (primary N) is 1. The van der Waals surface area contributed by atoms with Crippen LogP contribution >= 0.6 is 0 Å². The van der Waals surface area contributed by atoms with Gasteiger partial charge in [0.2, 0.25) is 0 Å². The van der Waals surface area contributed by atoms with Crippen LogP contribution in [-0.4, -0.2) is 9.97 Å². The van der Waals surface area contributed by atoms with Crippen molar-refractivity contribution in [1.82, 2.24) is 9.97 Å². The van der Waals surface area contributed by atoms with Crippen LogP contribution < -0.4 is 5.73 Å². The van der Waals surface area contributed by atoms with E-state index in [0.29, 0.717) is 11.3 Å². The van der Waals surface area contributed by atoms with Crippen LogP contribution in [0.5, 0.6) is 0 Å². The fraction of sp³-hybridized carbons (Fsp3) is 0. The molecular weight excluding hydrogens is 207 g/mol. The zero-order valence-corrected chi connectivity index (χ0v) is 8.18. The number of nitrogens with zero attached hydrogens (tertiary/aromatic N) is 3. The van der Waals surface area contributed by atoms with Crippen molar-refractivity contribution in [3.05, 3.63) is 42.0 Å². The van der Waals surface area contributed by atoms with Crippen LogP contribution in [-0.2, 0) is 0 Å². The van der Waals surface area contributed by atoms with Gasteiger partial charge < -0.3 is 5.73 Å². The van der Waals surface area contributed by atoms with Gasteiger partial charge in [0.05, 0.1) is 29.7 Å². The Labute approximate surface area is 91.2 Å². The number of benzene rings is 1. The standard InChI is InChI=1S/C11H7FN4/c12-9-2-7(4-13)1-8(3-9)10-5-15-6-11(14)16-10/h1-3,5-6H,(H2,14,16). The number of anilines is 1. The predicted octanol–water partition coefficient (Wildman–Crippen LogP) is 1.74. The van der Waals surface area contributed by atoms with Gasteiger partial charge in [-0.05, 0) is 18.2 Å². The fourth-order valence-electron chi connectivity index (χ4n) is 1.32. The van der Waals surface area contributed by atoms with Crippen LogP contribution in [0.15, 0.2) is 30.6 Å². The van der Waals surface area contributed by atoms with Gasteiger partial charge in [-0.3, -0.25) is 4.98 Å². The minimum atomic E-state index is -0.488. The van der Waals surface area contributed by atoms with Crippen LogP contribution in [0.3, 0.4) is 0 Å². The molecule has 0 saturated heterocycles. The summed E-state index contributed by atoms with van der Waals surface area (Å²) in [6.07, 6.45) is 2.86. The minimum Gasteiger partial charge on any atom is -0.382 e. The second-order valence-electron chi connectivity index (χ2n) is 3.17. The molecule has 1 heterocycles. The van der Waals surface area contributed by atoms with Gasteiger partial charge in [-0.2, -0.15) is 5.26 Å². The lowest BCUT2D eigenvalue weighted by molar-refractivity contribution is 0.628. The highest BCUT2D eigenvalue weighted by Crippen LogP contribution is 2.19. The van der Waals surface area contributed by atoms with Crippen molar-refractivity contribution in [2.45, 2.75) is 0 Å². The molecule has 0 radical (unpaired) electrons. The van der Waals surface area contributed by atoms with Crippen LogP contribution in [0.1, 0.15) is 5.56 Å². The van der Waals surface area contributed by atoms with Crippen molar-refractivity contribution in [3.63, 3.8) is 0 Å². The Morgan fingerprint density at radius 3 is 2.75 bits per heavy atom. The molecule has 1 aromatic carbocycles. The molecule has 0 aliphatic rings. The van der Waals surface area contributed by atoms with E-state index in [-0.39, 0.29) is 11.4 Å². The van der Waals surface area contributed by atoms with E-state index in [2.05, 4.69) is 9.97 Å². The average Bonchev–Trinajstić information content (AvgIpc) is 2.28. The number of rotatable bonds is 1. The number of hydrogen-bond donors (Lipinski definition) is 1. The van der Waals surface area contributed by atoms with Crippen LogP contribution in [0.2, 0.25) is 0 Å². The molecule has 5 heteroatoms. The van der Waals surface area contributed by atoms with E-state index >= 15 is 0 Å². The Morgan fingerprint density at radius 1 is 1.25 bits per heavy atom. The Hall–Kier alpha value is -2.48. The molecule has 0 aliphatic heterocycles. The first-order valence-corrected chi connectivity index (χ1v) is 4.47. The first kappa shape index (κ1) is 10.1. The molecule has 0 fully saturated rings. The molecule has 2 N–H and O–H groups in total. The third-order valence-electron chi connectivity index (χ3n) is 1.98. The Kier molecular flexibility index (Phi) is 2.48. The molecule has 0 spiro atoms. The number of nitrogen functional groups attached to an aromatic ring is 1. The summed E-state index contributed by atoms with van der Waals surface area (Å²) in [5.41, 5.74) is 6.63. The molecule has 0 atom stereocenters. The van der Waals surface area contributed by atoms with E-state index in [9.17, 15) is 4.39 Å². The second kappa shape index (κ2) is 3.95. The summed E-state index contributed by atoms with van der Waals surface area (Å²) < 4.78 is 13.2. The normalized spacial score (nSPS) is 9.75. The monoisotopic (exact) mass is 214 g/mol. The van der Waals surface area contributed by atoms with Gasteiger partial charge in [-0.15, -0.1) is 0 Å². The van der Waals surface area contributed by atoms with Gasteiger partial charge in [0.25, 0.3) is 0 Å². The molecule has 1 aromatic heterocycles. The molecule has 2 rings (SSSR count). The lowest BCUT2D eigenvalue weighted by Crippen LogP contribution is -1.94. The molecule has 0 unspecified atom stereocenters. The van der Waals surface area contributed by atoms with Gasteiger partial charge in [0, 0.05) is 5.56 Å². The van der Waals surface area contributed by atoms with Gasteiger partial charge in [-0.1, -0.05) is 0 Å².